The number of rotatable bonds is 10. The smallest absolute Gasteiger partial charge is 0.345 e. The highest BCUT2D eigenvalue weighted by molar-refractivity contribution is 6.31. The Morgan fingerprint density at radius 3 is 2.53 bits per heavy atom. The largest absolute Gasteiger partial charge is 0.493 e. The van der Waals surface area contributed by atoms with Crippen molar-refractivity contribution in [3.63, 3.8) is 0 Å². The summed E-state index contributed by atoms with van der Waals surface area (Å²) in [5.41, 5.74) is 0.0445. The maximum Gasteiger partial charge on any atom is 0.345 e. The second-order valence-electron chi connectivity index (χ2n) is 6.09. The number of nitrogens with one attached hydrogen (secondary N) is 1. The van der Waals surface area contributed by atoms with Crippen LogP contribution >= 0.6 is 11.6 Å². The number of benzene rings is 2. The molecule has 0 saturated carbocycles. The van der Waals surface area contributed by atoms with Crippen molar-refractivity contribution in [1.29, 1.82) is 0 Å². The number of methoxy groups -OCH3 is 2. The summed E-state index contributed by atoms with van der Waals surface area (Å²) in [5.74, 6) is -0.770. The lowest BCUT2D eigenvalue weighted by Gasteiger charge is -2.12. The van der Waals surface area contributed by atoms with E-state index in [9.17, 15) is 19.7 Å². The predicted molar refractivity (Wildman–Crippen MR) is 109 cm³/mol. The van der Waals surface area contributed by atoms with Gasteiger partial charge in [-0.15, -0.1) is 0 Å². The first-order valence-electron chi connectivity index (χ1n) is 8.95. The Morgan fingerprint density at radius 1 is 1.17 bits per heavy atom. The van der Waals surface area contributed by atoms with Crippen LogP contribution in [0.15, 0.2) is 36.4 Å². The molecule has 160 valence electrons. The van der Waals surface area contributed by atoms with Crippen LogP contribution in [0, 0.1) is 10.1 Å². The number of hydrogen-bond donors (Lipinski definition) is 1. The highest BCUT2D eigenvalue weighted by Crippen LogP contribution is 2.35. The van der Waals surface area contributed by atoms with E-state index in [-0.39, 0.29) is 36.0 Å². The normalized spacial score (nSPS) is 10.2. The number of carbonyl (C=O) groups excluding carboxylic acids is 2. The minimum absolute atomic E-state index is 0.108. The summed E-state index contributed by atoms with van der Waals surface area (Å²) in [6.07, 6.45) is 0.626. The van der Waals surface area contributed by atoms with Crippen LogP contribution in [-0.2, 0) is 16.0 Å². The number of hydrogen-bond acceptors (Lipinski definition) is 7. The molecule has 0 aliphatic heterocycles. The van der Waals surface area contributed by atoms with E-state index < -0.39 is 16.6 Å². The molecule has 2 aromatic carbocycles. The highest BCUT2D eigenvalue weighted by atomic mass is 35.5. The van der Waals surface area contributed by atoms with E-state index in [0.29, 0.717) is 18.0 Å². The summed E-state index contributed by atoms with van der Waals surface area (Å²) < 4.78 is 15.3. The van der Waals surface area contributed by atoms with Gasteiger partial charge in [0, 0.05) is 17.6 Å². The van der Waals surface area contributed by atoms with E-state index in [0.717, 1.165) is 18.7 Å². The van der Waals surface area contributed by atoms with E-state index in [2.05, 4.69) is 10.1 Å². The SMILES string of the molecule is COC(=O)c1cc(OCCCNC(=O)Cc2ccccc2Cl)c(OC)cc1[N+](=O)[O-]. The summed E-state index contributed by atoms with van der Waals surface area (Å²) in [6, 6.07) is 9.41. The lowest BCUT2D eigenvalue weighted by molar-refractivity contribution is -0.385. The minimum Gasteiger partial charge on any atom is -0.493 e. The molecule has 1 amide bonds. The summed E-state index contributed by atoms with van der Waals surface area (Å²) in [4.78, 5) is 34.3. The third kappa shape index (κ3) is 6.08. The average molecular weight is 437 g/mol. The Kier molecular flexibility index (Phi) is 8.42. The van der Waals surface area contributed by atoms with Gasteiger partial charge in [-0.1, -0.05) is 29.8 Å². The molecule has 0 radical (unpaired) electrons. The van der Waals surface area contributed by atoms with E-state index >= 15 is 0 Å². The van der Waals surface area contributed by atoms with Gasteiger partial charge in [0.05, 0.1) is 38.2 Å². The van der Waals surface area contributed by atoms with Gasteiger partial charge in [-0.2, -0.15) is 0 Å². The molecule has 10 heteroatoms. The van der Waals surface area contributed by atoms with Gasteiger partial charge in [-0.05, 0) is 18.1 Å². The molecule has 0 atom stereocenters. The van der Waals surface area contributed by atoms with Crippen LogP contribution in [0.1, 0.15) is 22.3 Å². The zero-order valence-electron chi connectivity index (χ0n) is 16.5. The van der Waals surface area contributed by atoms with Crippen molar-refractivity contribution in [3.05, 3.63) is 62.7 Å². The fourth-order valence-corrected chi connectivity index (χ4v) is 2.81. The van der Waals surface area contributed by atoms with Crippen LogP contribution < -0.4 is 14.8 Å². The summed E-state index contributed by atoms with van der Waals surface area (Å²) >= 11 is 6.04. The van der Waals surface area contributed by atoms with E-state index in [4.69, 9.17) is 21.1 Å². The monoisotopic (exact) mass is 436 g/mol. The Labute approximate surface area is 178 Å². The zero-order chi connectivity index (χ0) is 22.1. The second-order valence-corrected chi connectivity index (χ2v) is 6.50. The standard InChI is InChI=1S/C20H21ClN2O7/c1-28-17-12-16(23(26)27)14(20(25)29-2)11-18(17)30-9-5-8-22-19(24)10-13-6-3-4-7-15(13)21/h3-4,6-7,11-12H,5,8-10H2,1-2H3,(H,22,24). The average Bonchev–Trinajstić information content (AvgIpc) is 2.73. The molecule has 0 aromatic heterocycles. The number of carbonyl (C=O) groups is 2. The number of nitrogens with zero attached hydrogens (tertiary/aromatic N) is 1. The molecule has 0 fully saturated rings. The number of halogens is 1. The number of nitro groups is 1. The molecule has 30 heavy (non-hydrogen) atoms. The molecule has 2 rings (SSSR count). The summed E-state index contributed by atoms with van der Waals surface area (Å²) in [6.45, 7) is 0.531. The van der Waals surface area contributed by atoms with Crippen molar-refractivity contribution in [3.8, 4) is 11.5 Å². The quantitative estimate of drug-likeness (QED) is 0.263. The van der Waals surface area contributed by atoms with Gasteiger partial charge in [-0.3, -0.25) is 14.9 Å². The Morgan fingerprint density at radius 2 is 1.90 bits per heavy atom. The molecule has 0 heterocycles. The van der Waals surface area contributed by atoms with Gasteiger partial charge < -0.3 is 19.5 Å². The first-order chi connectivity index (χ1) is 14.4. The Hall–Kier alpha value is -3.33. The molecule has 0 saturated heterocycles. The van der Waals surface area contributed by atoms with Gasteiger partial charge in [0.15, 0.2) is 11.5 Å². The van der Waals surface area contributed by atoms with Crippen molar-refractivity contribution < 1.29 is 28.7 Å². The molecule has 9 nitrogen and oxygen atoms in total. The minimum atomic E-state index is -0.860. The van der Waals surface area contributed by atoms with Gasteiger partial charge in [0.1, 0.15) is 5.56 Å². The molecule has 1 N–H and O–H groups in total. The van der Waals surface area contributed by atoms with E-state index in [1.54, 1.807) is 18.2 Å². The maximum absolute atomic E-state index is 12.0. The van der Waals surface area contributed by atoms with Crippen molar-refractivity contribution in [2.45, 2.75) is 12.8 Å². The zero-order valence-corrected chi connectivity index (χ0v) is 17.2. The first kappa shape index (κ1) is 23.0. The third-order valence-corrected chi connectivity index (χ3v) is 4.46. The molecule has 0 spiro atoms. The van der Waals surface area contributed by atoms with Gasteiger partial charge >= 0.3 is 5.97 Å². The van der Waals surface area contributed by atoms with Crippen LogP contribution in [-0.4, -0.2) is 44.2 Å². The topological polar surface area (TPSA) is 117 Å². The maximum atomic E-state index is 12.0. The van der Waals surface area contributed by atoms with Gasteiger partial charge in [0.2, 0.25) is 5.91 Å². The van der Waals surface area contributed by atoms with Crippen molar-refractivity contribution >= 4 is 29.2 Å². The second kappa shape index (κ2) is 11.0. The van der Waals surface area contributed by atoms with Crippen molar-refractivity contribution in [1.82, 2.24) is 5.32 Å². The fourth-order valence-electron chi connectivity index (χ4n) is 2.61. The molecule has 2 aromatic rings. The van der Waals surface area contributed by atoms with E-state index in [1.807, 2.05) is 6.07 Å². The highest BCUT2D eigenvalue weighted by Gasteiger charge is 2.25. The van der Waals surface area contributed by atoms with Crippen LogP contribution in [0.2, 0.25) is 5.02 Å². The number of nitro benzene ring substituents is 1. The molecular formula is C20H21ClN2O7. The van der Waals surface area contributed by atoms with Gasteiger partial charge in [0.25, 0.3) is 5.69 Å². The number of esters is 1. The molecule has 0 aliphatic carbocycles. The molecular weight excluding hydrogens is 416 g/mol. The Bertz CT molecular complexity index is 933. The van der Waals surface area contributed by atoms with Crippen LogP contribution in [0.5, 0.6) is 11.5 Å². The summed E-state index contributed by atoms with van der Waals surface area (Å²) in [5, 5.41) is 14.5. The van der Waals surface area contributed by atoms with Crippen molar-refractivity contribution in [2.24, 2.45) is 0 Å². The molecule has 0 bridgehead atoms. The van der Waals surface area contributed by atoms with Crippen LogP contribution in [0.4, 0.5) is 5.69 Å². The summed E-state index contributed by atoms with van der Waals surface area (Å²) in [7, 11) is 2.46. The first-order valence-corrected chi connectivity index (χ1v) is 9.32. The predicted octanol–water partition coefficient (Wildman–Crippen LogP) is 3.17. The van der Waals surface area contributed by atoms with Crippen molar-refractivity contribution in [2.75, 3.05) is 27.4 Å². The third-order valence-electron chi connectivity index (χ3n) is 4.09. The molecule has 0 unspecified atom stereocenters. The van der Waals surface area contributed by atoms with Crippen LogP contribution in [0.3, 0.4) is 0 Å². The lowest BCUT2D eigenvalue weighted by Crippen LogP contribution is -2.27. The van der Waals surface area contributed by atoms with Gasteiger partial charge in [-0.25, -0.2) is 4.79 Å². The van der Waals surface area contributed by atoms with E-state index in [1.165, 1.54) is 13.2 Å². The number of ether oxygens (including phenoxy) is 3. The van der Waals surface area contributed by atoms with Crippen LogP contribution in [0.25, 0.3) is 0 Å². The number of amides is 1. The lowest BCUT2D eigenvalue weighted by atomic mass is 10.1. The molecule has 0 aliphatic rings. The Balaban J connectivity index is 1.92. The fraction of sp³-hybridized carbons (Fsp3) is 0.300.